The zero-order chi connectivity index (χ0) is 21.3. The van der Waals surface area contributed by atoms with Crippen LogP contribution in [0.5, 0.6) is 11.5 Å². The van der Waals surface area contributed by atoms with Gasteiger partial charge in [-0.25, -0.2) is 10.2 Å². The van der Waals surface area contributed by atoms with Crippen LogP contribution in [0.25, 0.3) is 6.08 Å². The summed E-state index contributed by atoms with van der Waals surface area (Å²) in [4.78, 5) is 24.0. The van der Waals surface area contributed by atoms with E-state index in [2.05, 4.69) is 10.5 Å². The van der Waals surface area contributed by atoms with Gasteiger partial charge in [0.05, 0.1) is 25.2 Å². The Morgan fingerprint density at radius 2 is 1.83 bits per heavy atom. The van der Waals surface area contributed by atoms with E-state index in [1.807, 2.05) is 12.1 Å². The van der Waals surface area contributed by atoms with Gasteiger partial charge < -0.3 is 13.9 Å². The molecule has 0 aliphatic carbocycles. The van der Waals surface area contributed by atoms with Crippen LogP contribution in [0.15, 0.2) is 76.5 Å². The average Bonchev–Trinajstić information content (AvgIpc) is 3.19. The van der Waals surface area contributed by atoms with Crippen molar-refractivity contribution in [3.8, 4) is 11.5 Å². The molecular weight excluding hydrogens is 384 g/mol. The van der Waals surface area contributed by atoms with Crippen LogP contribution < -0.4 is 14.9 Å². The van der Waals surface area contributed by atoms with Crippen molar-refractivity contribution in [3.05, 3.63) is 89.4 Å². The highest BCUT2D eigenvalue weighted by Gasteiger charge is 2.09. The van der Waals surface area contributed by atoms with Crippen LogP contribution in [0, 0.1) is 6.92 Å². The van der Waals surface area contributed by atoms with Crippen LogP contribution in [0.2, 0.25) is 0 Å². The maximum Gasteiger partial charge on any atom is 0.336 e. The van der Waals surface area contributed by atoms with Crippen LogP contribution in [-0.4, -0.2) is 25.2 Å². The van der Waals surface area contributed by atoms with Crippen molar-refractivity contribution in [2.75, 3.05) is 7.11 Å². The second-order valence-corrected chi connectivity index (χ2v) is 6.19. The average molecular weight is 404 g/mol. The highest BCUT2D eigenvalue weighted by atomic mass is 16.5. The number of ether oxygens (including phenoxy) is 2. The number of furan rings is 1. The zero-order valence-corrected chi connectivity index (χ0v) is 16.5. The number of amides is 1. The number of methoxy groups -OCH3 is 1. The van der Waals surface area contributed by atoms with Crippen LogP contribution in [-0.2, 0) is 4.79 Å². The Morgan fingerprint density at radius 1 is 1.03 bits per heavy atom. The third-order valence-electron chi connectivity index (χ3n) is 4.09. The van der Waals surface area contributed by atoms with Gasteiger partial charge >= 0.3 is 5.97 Å². The van der Waals surface area contributed by atoms with Crippen molar-refractivity contribution in [2.24, 2.45) is 5.10 Å². The summed E-state index contributed by atoms with van der Waals surface area (Å²) >= 11 is 0. The van der Waals surface area contributed by atoms with Crippen molar-refractivity contribution >= 4 is 24.2 Å². The molecule has 0 unspecified atom stereocenters. The van der Waals surface area contributed by atoms with Gasteiger partial charge in [0.25, 0.3) is 5.91 Å². The second-order valence-electron chi connectivity index (χ2n) is 6.19. The number of aryl methyl sites for hydroxylation is 1. The Bertz CT molecular complexity index is 1080. The van der Waals surface area contributed by atoms with E-state index in [1.54, 1.807) is 62.6 Å². The van der Waals surface area contributed by atoms with Gasteiger partial charge in [-0.1, -0.05) is 24.3 Å². The Morgan fingerprint density at radius 3 is 2.53 bits per heavy atom. The van der Waals surface area contributed by atoms with Crippen LogP contribution in [0.4, 0.5) is 0 Å². The monoisotopic (exact) mass is 404 g/mol. The number of hydrogen-bond donors (Lipinski definition) is 1. The molecule has 1 amide bonds. The lowest BCUT2D eigenvalue weighted by Crippen LogP contribution is -2.17. The lowest BCUT2D eigenvalue weighted by Gasteiger charge is -2.03. The number of carbonyl (C=O) groups is 2. The molecule has 30 heavy (non-hydrogen) atoms. The Hall–Kier alpha value is -4.13. The smallest absolute Gasteiger partial charge is 0.336 e. The fraction of sp³-hybridized carbons (Fsp3) is 0.0870. The SMILES string of the molecule is COc1ccc(/C=C/C(=O)Oc2cccc(/C=N\NC(=O)c3ccoc3C)c2)cc1. The largest absolute Gasteiger partial charge is 0.497 e. The van der Waals surface area contributed by atoms with E-state index in [0.717, 1.165) is 11.3 Å². The van der Waals surface area contributed by atoms with Crippen molar-refractivity contribution in [1.82, 2.24) is 5.43 Å². The third-order valence-corrected chi connectivity index (χ3v) is 4.09. The Kier molecular flexibility index (Phi) is 6.78. The van der Waals surface area contributed by atoms with Crippen molar-refractivity contribution < 1.29 is 23.5 Å². The topological polar surface area (TPSA) is 90.1 Å². The first kappa shape index (κ1) is 20.6. The van der Waals surface area contributed by atoms with Crippen molar-refractivity contribution in [1.29, 1.82) is 0 Å². The van der Waals surface area contributed by atoms with E-state index in [-0.39, 0.29) is 5.91 Å². The normalized spacial score (nSPS) is 11.0. The maximum atomic E-state index is 12.1. The number of hydrazone groups is 1. The molecule has 0 atom stereocenters. The fourth-order valence-electron chi connectivity index (χ4n) is 2.53. The first-order chi connectivity index (χ1) is 14.5. The first-order valence-corrected chi connectivity index (χ1v) is 9.06. The molecule has 3 rings (SSSR count). The van der Waals surface area contributed by atoms with E-state index < -0.39 is 5.97 Å². The van der Waals surface area contributed by atoms with Gasteiger partial charge in [-0.05, 0) is 54.5 Å². The summed E-state index contributed by atoms with van der Waals surface area (Å²) in [5.74, 6) is 0.733. The first-order valence-electron chi connectivity index (χ1n) is 9.06. The minimum atomic E-state index is -0.511. The molecule has 0 spiro atoms. The molecule has 0 bridgehead atoms. The summed E-state index contributed by atoms with van der Waals surface area (Å²) in [6, 6.07) is 15.6. The summed E-state index contributed by atoms with van der Waals surface area (Å²) in [6.45, 7) is 1.69. The van der Waals surface area contributed by atoms with E-state index >= 15 is 0 Å². The second kappa shape index (κ2) is 9.88. The van der Waals surface area contributed by atoms with Crippen molar-refractivity contribution in [2.45, 2.75) is 6.92 Å². The van der Waals surface area contributed by atoms with Gasteiger partial charge in [0.1, 0.15) is 17.3 Å². The fourth-order valence-corrected chi connectivity index (χ4v) is 2.53. The molecule has 0 aliphatic heterocycles. The standard InChI is InChI=1S/C23H20N2O5/c1-16-21(12-13-29-16)23(27)25-24-15-18-4-3-5-20(14-18)30-22(26)11-8-17-6-9-19(28-2)10-7-17/h3-15H,1-2H3,(H,25,27)/b11-8+,24-15-. The van der Waals surface area contributed by atoms with E-state index in [9.17, 15) is 9.59 Å². The number of hydrogen-bond acceptors (Lipinski definition) is 6. The van der Waals surface area contributed by atoms with Gasteiger partial charge in [-0.2, -0.15) is 5.10 Å². The maximum absolute atomic E-state index is 12.1. The predicted octanol–water partition coefficient (Wildman–Crippen LogP) is 3.98. The number of esters is 1. The van der Waals surface area contributed by atoms with E-state index in [4.69, 9.17) is 13.9 Å². The van der Waals surface area contributed by atoms with Crippen molar-refractivity contribution in [3.63, 3.8) is 0 Å². The quantitative estimate of drug-likeness (QED) is 0.211. The van der Waals surface area contributed by atoms with Crippen LogP contribution in [0.1, 0.15) is 27.2 Å². The molecule has 1 aromatic heterocycles. The minimum Gasteiger partial charge on any atom is -0.497 e. The number of rotatable bonds is 7. The highest BCUT2D eigenvalue weighted by molar-refractivity contribution is 5.95. The lowest BCUT2D eigenvalue weighted by atomic mass is 10.2. The number of benzene rings is 2. The molecule has 0 saturated heterocycles. The molecule has 1 N–H and O–H groups in total. The van der Waals surface area contributed by atoms with E-state index in [1.165, 1.54) is 18.6 Å². The summed E-state index contributed by atoms with van der Waals surface area (Å²) < 4.78 is 15.5. The molecule has 7 nitrogen and oxygen atoms in total. The molecular formula is C23H20N2O5. The number of carbonyl (C=O) groups excluding carboxylic acids is 2. The lowest BCUT2D eigenvalue weighted by molar-refractivity contribution is -0.128. The van der Waals surface area contributed by atoms with E-state index in [0.29, 0.717) is 22.6 Å². The summed E-state index contributed by atoms with van der Waals surface area (Å²) in [6.07, 6.45) is 5.89. The summed E-state index contributed by atoms with van der Waals surface area (Å²) in [7, 11) is 1.59. The molecule has 0 saturated carbocycles. The summed E-state index contributed by atoms with van der Waals surface area (Å²) in [5.41, 5.74) is 4.34. The molecule has 0 fully saturated rings. The minimum absolute atomic E-state index is 0.361. The number of nitrogens with one attached hydrogen (secondary N) is 1. The predicted molar refractivity (Wildman–Crippen MR) is 113 cm³/mol. The van der Waals surface area contributed by atoms with Gasteiger partial charge in [0.15, 0.2) is 0 Å². The Balaban J connectivity index is 1.56. The number of nitrogens with zero attached hydrogens (tertiary/aromatic N) is 1. The molecule has 2 aromatic carbocycles. The van der Waals surface area contributed by atoms with Crippen LogP contribution >= 0.6 is 0 Å². The van der Waals surface area contributed by atoms with Gasteiger partial charge in [0, 0.05) is 6.08 Å². The highest BCUT2D eigenvalue weighted by Crippen LogP contribution is 2.14. The molecule has 7 heteroatoms. The van der Waals surface area contributed by atoms with Gasteiger partial charge in [-0.15, -0.1) is 0 Å². The molecule has 152 valence electrons. The van der Waals surface area contributed by atoms with Gasteiger partial charge in [-0.3, -0.25) is 4.79 Å². The zero-order valence-electron chi connectivity index (χ0n) is 16.5. The molecule has 3 aromatic rings. The van der Waals surface area contributed by atoms with Gasteiger partial charge in [0.2, 0.25) is 0 Å². The Labute approximate surface area is 173 Å². The third kappa shape index (κ3) is 5.68. The molecule has 1 heterocycles. The molecule has 0 aliphatic rings. The molecule has 0 radical (unpaired) electrons. The van der Waals surface area contributed by atoms with Crippen LogP contribution in [0.3, 0.4) is 0 Å². The summed E-state index contributed by atoms with van der Waals surface area (Å²) in [5, 5.41) is 3.92.